The van der Waals surface area contributed by atoms with Crippen LogP contribution in [-0.4, -0.2) is 18.2 Å². The zero-order valence-corrected chi connectivity index (χ0v) is 10.6. The van der Waals surface area contributed by atoms with Crippen LogP contribution in [-0.2, 0) is 4.79 Å². The number of ketones is 1. The first-order chi connectivity index (χ1) is 8.58. The van der Waals surface area contributed by atoms with Crippen molar-refractivity contribution < 1.29 is 14.0 Å². The maximum Gasteiger partial charge on any atom is 0.299 e. The Labute approximate surface area is 106 Å². The summed E-state index contributed by atoms with van der Waals surface area (Å²) in [5, 5.41) is 0. The van der Waals surface area contributed by atoms with Gasteiger partial charge in [-0.1, -0.05) is 26.7 Å². The lowest BCUT2D eigenvalue weighted by Gasteiger charge is -2.22. The van der Waals surface area contributed by atoms with Crippen molar-refractivity contribution in [3.05, 3.63) is 29.6 Å². The summed E-state index contributed by atoms with van der Waals surface area (Å²) >= 11 is 0. The molecule has 0 N–H and O–H groups in total. The summed E-state index contributed by atoms with van der Waals surface area (Å²) in [7, 11) is 0. The highest BCUT2D eigenvalue weighted by Crippen LogP contribution is 2.30. The number of carbonyl (C=O) groups excluding carboxylic acids is 2. The quantitative estimate of drug-likeness (QED) is 0.769. The molecule has 0 fully saturated rings. The third kappa shape index (κ3) is 2.03. The van der Waals surface area contributed by atoms with E-state index in [0.717, 1.165) is 18.9 Å². The maximum absolute atomic E-state index is 13.1. The number of nitrogens with zero attached hydrogens (tertiary/aromatic N) is 1. The Bertz CT molecular complexity index is 495. The van der Waals surface area contributed by atoms with E-state index in [2.05, 4.69) is 13.8 Å². The Morgan fingerprint density at radius 1 is 1.22 bits per heavy atom. The van der Waals surface area contributed by atoms with E-state index in [-0.39, 0.29) is 5.56 Å². The van der Waals surface area contributed by atoms with E-state index in [1.807, 2.05) is 0 Å². The summed E-state index contributed by atoms with van der Waals surface area (Å²) in [6.45, 7) is 4.64. The minimum absolute atomic E-state index is 0.186. The van der Waals surface area contributed by atoms with Crippen molar-refractivity contribution in [1.29, 1.82) is 0 Å². The molecule has 0 saturated carbocycles. The highest BCUT2D eigenvalue weighted by Gasteiger charge is 2.36. The van der Waals surface area contributed by atoms with Crippen LogP contribution in [0, 0.1) is 11.7 Å². The minimum atomic E-state index is -0.601. The zero-order valence-electron chi connectivity index (χ0n) is 10.6. The van der Waals surface area contributed by atoms with Crippen LogP contribution >= 0.6 is 0 Å². The van der Waals surface area contributed by atoms with E-state index < -0.39 is 17.5 Å². The summed E-state index contributed by atoms with van der Waals surface area (Å²) in [6, 6.07) is 3.93. The molecule has 2 rings (SSSR count). The number of hydrogen-bond donors (Lipinski definition) is 0. The predicted molar refractivity (Wildman–Crippen MR) is 67.2 cm³/mol. The average molecular weight is 249 g/mol. The zero-order chi connectivity index (χ0) is 13.3. The van der Waals surface area contributed by atoms with Crippen molar-refractivity contribution in [3.8, 4) is 0 Å². The first-order valence-electron chi connectivity index (χ1n) is 6.24. The fourth-order valence-electron chi connectivity index (χ4n) is 2.26. The molecule has 4 heteroatoms. The van der Waals surface area contributed by atoms with Crippen molar-refractivity contribution >= 4 is 17.4 Å². The van der Waals surface area contributed by atoms with Crippen molar-refractivity contribution in [2.45, 2.75) is 26.7 Å². The van der Waals surface area contributed by atoms with Crippen LogP contribution in [0.15, 0.2) is 18.2 Å². The standard InChI is InChI=1S/C14H16FNO2/c1-3-9(4-2)8-16-12-6-5-10(15)7-11(12)13(17)14(16)18/h5-7,9H,3-4,8H2,1-2H3. The van der Waals surface area contributed by atoms with Crippen LogP contribution in [0.3, 0.4) is 0 Å². The van der Waals surface area contributed by atoms with E-state index in [4.69, 9.17) is 0 Å². The molecule has 0 atom stereocenters. The highest BCUT2D eigenvalue weighted by molar-refractivity contribution is 6.52. The molecule has 1 heterocycles. The minimum Gasteiger partial charge on any atom is -0.304 e. The lowest BCUT2D eigenvalue weighted by Crippen LogP contribution is -2.34. The molecular weight excluding hydrogens is 233 g/mol. The van der Waals surface area contributed by atoms with Gasteiger partial charge in [-0.3, -0.25) is 9.59 Å². The van der Waals surface area contributed by atoms with Crippen LogP contribution in [0.1, 0.15) is 37.0 Å². The Balaban J connectivity index is 2.34. The Hall–Kier alpha value is -1.71. The second kappa shape index (κ2) is 4.88. The first kappa shape index (κ1) is 12.7. The molecule has 0 radical (unpaired) electrons. The molecule has 0 saturated heterocycles. The summed E-state index contributed by atoms with van der Waals surface area (Å²) < 4.78 is 13.1. The second-order valence-electron chi connectivity index (χ2n) is 4.59. The summed E-state index contributed by atoms with van der Waals surface area (Å²) in [6.07, 6.45) is 1.90. The van der Waals surface area contributed by atoms with Crippen molar-refractivity contribution in [3.63, 3.8) is 0 Å². The topological polar surface area (TPSA) is 37.4 Å². The van der Waals surface area contributed by atoms with Crippen molar-refractivity contribution in [2.75, 3.05) is 11.4 Å². The van der Waals surface area contributed by atoms with Crippen LogP contribution in [0.5, 0.6) is 0 Å². The molecule has 18 heavy (non-hydrogen) atoms. The van der Waals surface area contributed by atoms with Crippen molar-refractivity contribution in [2.24, 2.45) is 5.92 Å². The van der Waals surface area contributed by atoms with Gasteiger partial charge in [-0.2, -0.15) is 0 Å². The van der Waals surface area contributed by atoms with E-state index in [0.29, 0.717) is 18.2 Å². The van der Waals surface area contributed by atoms with Gasteiger partial charge >= 0.3 is 0 Å². The highest BCUT2D eigenvalue weighted by atomic mass is 19.1. The van der Waals surface area contributed by atoms with Crippen LogP contribution < -0.4 is 4.90 Å². The van der Waals surface area contributed by atoms with Gasteiger partial charge in [0.15, 0.2) is 0 Å². The van der Waals surface area contributed by atoms with Crippen molar-refractivity contribution in [1.82, 2.24) is 0 Å². The summed E-state index contributed by atoms with van der Waals surface area (Å²) in [5.41, 5.74) is 0.726. The number of hydrogen-bond acceptors (Lipinski definition) is 2. The number of benzene rings is 1. The van der Waals surface area contributed by atoms with Crippen LogP contribution in [0.25, 0.3) is 0 Å². The molecule has 0 bridgehead atoms. The van der Waals surface area contributed by atoms with Crippen LogP contribution in [0.4, 0.5) is 10.1 Å². The molecule has 1 aliphatic rings. The number of carbonyl (C=O) groups is 2. The van der Waals surface area contributed by atoms with E-state index in [1.54, 1.807) is 0 Å². The fourth-order valence-corrected chi connectivity index (χ4v) is 2.26. The third-order valence-corrected chi connectivity index (χ3v) is 3.53. The maximum atomic E-state index is 13.1. The van der Waals surface area contributed by atoms with E-state index in [1.165, 1.54) is 17.0 Å². The summed E-state index contributed by atoms with van der Waals surface area (Å²) in [5.74, 6) is -1.27. The number of rotatable bonds is 4. The van der Waals surface area contributed by atoms with Gasteiger partial charge in [-0.15, -0.1) is 0 Å². The molecule has 0 unspecified atom stereocenters. The number of Topliss-reactive ketones (excluding diaryl/α,β-unsaturated/α-hetero) is 1. The second-order valence-corrected chi connectivity index (χ2v) is 4.59. The molecule has 1 aliphatic heterocycles. The number of amides is 1. The van der Waals surface area contributed by atoms with Gasteiger partial charge < -0.3 is 4.90 Å². The van der Waals surface area contributed by atoms with Gasteiger partial charge in [0.05, 0.1) is 11.3 Å². The molecular formula is C14H16FNO2. The normalized spacial score (nSPS) is 14.6. The van der Waals surface area contributed by atoms with Crippen LogP contribution in [0.2, 0.25) is 0 Å². The SMILES string of the molecule is CCC(CC)CN1C(=O)C(=O)c2cc(F)ccc21. The predicted octanol–water partition coefficient (Wildman–Crippen LogP) is 2.79. The molecule has 96 valence electrons. The van der Waals surface area contributed by atoms with E-state index in [9.17, 15) is 14.0 Å². The number of anilines is 1. The molecule has 1 aromatic carbocycles. The number of fused-ring (bicyclic) bond motifs is 1. The monoisotopic (exact) mass is 249 g/mol. The van der Waals surface area contributed by atoms with Gasteiger partial charge in [0.2, 0.25) is 0 Å². The smallest absolute Gasteiger partial charge is 0.299 e. The Kier molecular flexibility index (Phi) is 3.45. The van der Waals surface area contributed by atoms with Gasteiger partial charge in [-0.05, 0) is 24.1 Å². The molecule has 1 aromatic rings. The third-order valence-electron chi connectivity index (χ3n) is 3.53. The first-order valence-corrected chi connectivity index (χ1v) is 6.24. The molecule has 0 aliphatic carbocycles. The lowest BCUT2D eigenvalue weighted by molar-refractivity contribution is -0.114. The number of halogens is 1. The van der Waals surface area contributed by atoms with Gasteiger partial charge in [0, 0.05) is 6.54 Å². The molecule has 1 amide bonds. The lowest BCUT2D eigenvalue weighted by atomic mass is 10.0. The van der Waals surface area contributed by atoms with E-state index >= 15 is 0 Å². The molecule has 0 spiro atoms. The summed E-state index contributed by atoms with van der Waals surface area (Å²) in [4.78, 5) is 25.1. The molecule has 0 aromatic heterocycles. The average Bonchev–Trinajstić information content (AvgIpc) is 2.60. The van der Waals surface area contributed by atoms with Gasteiger partial charge in [0.25, 0.3) is 11.7 Å². The van der Waals surface area contributed by atoms with Gasteiger partial charge in [0.1, 0.15) is 5.82 Å². The Morgan fingerprint density at radius 3 is 2.50 bits per heavy atom. The fraction of sp³-hybridized carbons (Fsp3) is 0.429. The Morgan fingerprint density at radius 2 is 1.89 bits per heavy atom. The molecule has 3 nitrogen and oxygen atoms in total. The van der Waals surface area contributed by atoms with Gasteiger partial charge in [-0.25, -0.2) is 4.39 Å². The largest absolute Gasteiger partial charge is 0.304 e.